The number of hydrogen-bond acceptors (Lipinski definition) is 3. The van der Waals surface area contributed by atoms with Crippen LogP contribution in [-0.2, 0) is 16.6 Å². The molecule has 0 unspecified atom stereocenters. The molecule has 3 aromatic rings. The summed E-state index contributed by atoms with van der Waals surface area (Å²) in [5, 5.41) is 4.13. The first-order chi connectivity index (χ1) is 14.6. The molecule has 1 aliphatic heterocycles. The van der Waals surface area contributed by atoms with Crippen LogP contribution in [0.15, 0.2) is 60.8 Å². The quantitative estimate of drug-likeness (QED) is 0.678. The van der Waals surface area contributed by atoms with Gasteiger partial charge < -0.3 is 19.5 Å². The van der Waals surface area contributed by atoms with Crippen molar-refractivity contribution in [2.75, 3.05) is 25.0 Å². The van der Waals surface area contributed by atoms with Crippen LogP contribution in [0, 0.1) is 5.92 Å². The zero-order valence-electron chi connectivity index (χ0n) is 17.2. The summed E-state index contributed by atoms with van der Waals surface area (Å²) in [5.74, 6) is 0.812. The van der Waals surface area contributed by atoms with E-state index in [4.69, 9.17) is 4.74 Å². The molecule has 2 amide bonds. The normalized spacial score (nSPS) is 14.6. The molecule has 2 heterocycles. The lowest BCUT2D eigenvalue weighted by Crippen LogP contribution is -2.41. The number of nitrogens with one attached hydrogen (secondary N) is 1. The molecule has 6 heteroatoms. The summed E-state index contributed by atoms with van der Waals surface area (Å²) in [7, 11) is 1.99. The van der Waals surface area contributed by atoms with E-state index in [2.05, 4.69) is 5.32 Å². The Bertz CT molecular complexity index is 1020. The Hall–Kier alpha value is -3.28. The summed E-state index contributed by atoms with van der Waals surface area (Å²) in [4.78, 5) is 27.1. The number of rotatable bonds is 6. The van der Waals surface area contributed by atoms with Gasteiger partial charge in [0.25, 0.3) is 0 Å². The molecule has 1 N–H and O–H groups in total. The van der Waals surface area contributed by atoms with Crippen molar-refractivity contribution in [3.63, 3.8) is 0 Å². The molecule has 1 aliphatic rings. The van der Waals surface area contributed by atoms with Crippen molar-refractivity contribution in [1.29, 1.82) is 0 Å². The topological polar surface area (TPSA) is 63.6 Å². The van der Waals surface area contributed by atoms with Gasteiger partial charge in [-0.3, -0.25) is 9.59 Å². The smallest absolute Gasteiger partial charge is 0.227 e. The van der Waals surface area contributed by atoms with Crippen molar-refractivity contribution in [2.45, 2.75) is 19.3 Å². The first-order valence-electron chi connectivity index (χ1n) is 10.4. The number of nitrogens with zero attached hydrogens (tertiary/aromatic N) is 2. The number of fused-ring (bicyclic) bond motifs is 1. The number of amides is 2. The van der Waals surface area contributed by atoms with Gasteiger partial charge in [0.05, 0.1) is 18.7 Å². The molecule has 0 bridgehead atoms. The highest BCUT2D eigenvalue weighted by Crippen LogP contribution is 2.26. The number of piperidine rings is 1. The Morgan fingerprint density at radius 3 is 2.57 bits per heavy atom. The molecule has 1 fully saturated rings. The number of carbonyl (C=O) groups is 2. The molecule has 1 saturated heterocycles. The van der Waals surface area contributed by atoms with E-state index in [1.807, 2.05) is 77.3 Å². The van der Waals surface area contributed by atoms with Crippen LogP contribution in [0.2, 0.25) is 0 Å². The molecule has 0 spiro atoms. The maximum absolute atomic E-state index is 12.8. The van der Waals surface area contributed by atoms with Gasteiger partial charge in [-0.15, -0.1) is 0 Å². The summed E-state index contributed by atoms with van der Waals surface area (Å²) < 4.78 is 7.66. The number of anilines is 1. The predicted octanol–water partition coefficient (Wildman–Crippen LogP) is 3.82. The van der Waals surface area contributed by atoms with Crippen molar-refractivity contribution >= 4 is 28.4 Å². The number of para-hydroxylation sites is 1. The first kappa shape index (κ1) is 20.0. The van der Waals surface area contributed by atoms with E-state index in [-0.39, 0.29) is 17.7 Å². The van der Waals surface area contributed by atoms with Gasteiger partial charge in [-0.1, -0.05) is 24.3 Å². The lowest BCUT2D eigenvalue weighted by atomic mass is 9.95. The van der Waals surface area contributed by atoms with E-state index in [0.717, 1.165) is 22.3 Å². The standard InChI is InChI=1S/C24H27N3O3/c1-26-14-12-20-21(8-5-9-22(20)26)25-24(29)18-10-15-27(16-11-18)23(28)13-17-30-19-6-3-2-4-7-19/h2-9,12,14,18H,10-11,13,15-17H2,1H3,(H,25,29). The highest BCUT2D eigenvalue weighted by atomic mass is 16.5. The Morgan fingerprint density at radius 1 is 1.03 bits per heavy atom. The summed E-state index contributed by atoms with van der Waals surface area (Å²) in [5.41, 5.74) is 1.93. The molecule has 0 saturated carbocycles. The highest BCUT2D eigenvalue weighted by Gasteiger charge is 2.27. The van der Waals surface area contributed by atoms with Gasteiger partial charge in [0, 0.05) is 43.2 Å². The number of ether oxygens (including phenoxy) is 1. The van der Waals surface area contributed by atoms with Gasteiger partial charge in [-0.2, -0.15) is 0 Å². The maximum Gasteiger partial charge on any atom is 0.227 e. The summed E-state index contributed by atoms with van der Waals surface area (Å²) in [6.45, 7) is 1.58. The molecule has 0 atom stereocenters. The molecule has 2 aromatic carbocycles. The van der Waals surface area contributed by atoms with Crippen molar-refractivity contribution in [1.82, 2.24) is 9.47 Å². The van der Waals surface area contributed by atoms with Crippen LogP contribution in [0.3, 0.4) is 0 Å². The van der Waals surface area contributed by atoms with Crippen LogP contribution >= 0.6 is 0 Å². The second-order valence-corrected chi connectivity index (χ2v) is 7.72. The van der Waals surface area contributed by atoms with E-state index in [1.165, 1.54) is 0 Å². The van der Waals surface area contributed by atoms with Gasteiger partial charge in [-0.05, 0) is 43.2 Å². The third-order valence-electron chi connectivity index (χ3n) is 5.73. The van der Waals surface area contributed by atoms with E-state index in [0.29, 0.717) is 39.0 Å². The van der Waals surface area contributed by atoms with Gasteiger partial charge in [0.1, 0.15) is 5.75 Å². The molecule has 30 heavy (non-hydrogen) atoms. The average molecular weight is 405 g/mol. The lowest BCUT2D eigenvalue weighted by Gasteiger charge is -2.31. The van der Waals surface area contributed by atoms with Crippen LogP contribution in [0.5, 0.6) is 5.75 Å². The molecule has 0 aliphatic carbocycles. The molecule has 1 aromatic heterocycles. The molecular weight excluding hydrogens is 378 g/mol. The maximum atomic E-state index is 12.8. The predicted molar refractivity (Wildman–Crippen MR) is 117 cm³/mol. The molecule has 6 nitrogen and oxygen atoms in total. The number of hydrogen-bond donors (Lipinski definition) is 1. The van der Waals surface area contributed by atoms with Crippen LogP contribution in [-0.4, -0.2) is 41.0 Å². The minimum Gasteiger partial charge on any atom is -0.493 e. The fraction of sp³-hybridized carbons (Fsp3) is 0.333. The SMILES string of the molecule is Cn1ccc2c(NC(=O)C3CCN(C(=O)CCOc4ccccc4)CC3)cccc21. The van der Waals surface area contributed by atoms with Crippen LogP contribution < -0.4 is 10.1 Å². The van der Waals surface area contributed by atoms with E-state index in [9.17, 15) is 9.59 Å². The zero-order chi connectivity index (χ0) is 20.9. The van der Waals surface area contributed by atoms with Gasteiger partial charge in [0.2, 0.25) is 11.8 Å². The van der Waals surface area contributed by atoms with Crippen LogP contribution in [0.1, 0.15) is 19.3 Å². The Morgan fingerprint density at radius 2 is 1.80 bits per heavy atom. The van der Waals surface area contributed by atoms with E-state index >= 15 is 0 Å². The second kappa shape index (κ2) is 9.03. The fourth-order valence-electron chi connectivity index (χ4n) is 3.97. The second-order valence-electron chi connectivity index (χ2n) is 7.72. The molecule has 156 valence electrons. The van der Waals surface area contributed by atoms with Crippen molar-refractivity contribution in [3.8, 4) is 5.75 Å². The monoisotopic (exact) mass is 405 g/mol. The number of likely N-dealkylation sites (tertiary alicyclic amines) is 1. The number of carbonyl (C=O) groups excluding carboxylic acids is 2. The van der Waals surface area contributed by atoms with Gasteiger partial charge in [0.15, 0.2) is 0 Å². The van der Waals surface area contributed by atoms with Gasteiger partial charge >= 0.3 is 0 Å². The third-order valence-corrected chi connectivity index (χ3v) is 5.73. The largest absolute Gasteiger partial charge is 0.493 e. The van der Waals surface area contributed by atoms with E-state index in [1.54, 1.807) is 0 Å². The first-order valence-corrected chi connectivity index (χ1v) is 10.4. The van der Waals surface area contributed by atoms with Crippen molar-refractivity contribution < 1.29 is 14.3 Å². The number of benzene rings is 2. The Labute approximate surface area is 176 Å². The lowest BCUT2D eigenvalue weighted by molar-refractivity contribution is -0.135. The average Bonchev–Trinajstić information content (AvgIpc) is 3.16. The summed E-state index contributed by atoms with van der Waals surface area (Å²) >= 11 is 0. The zero-order valence-corrected chi connectivity index (χ0v) is 17.2. The molecule has 0 radical (unpaired) electrons. The van der Waals surface area contributed by atoms with Crippen LogP contribution in [0.25, 0.3) is 10.9 Å². The fourth-order valence-corrected chi connectivity index (χ4v) is 3.97. The number of aromatic nitrogens is 1. The summed E-state index contributed by atoms with van der Waals surface area (Å²) in [6, 6.07) is 17.5. The van der Waals surface area contributed by atoms with Crippen molar-refractivity contribution in [2.24, 2.45) is 13.0 Å². The van der Waals surface area contributed by atoms with Crippen molar-refractivity contribution in [3.05, 3.63) is 60.8 Å². The van der Waals surface area contributed by atoms with Crippen LogP contribution in [0.4, 0.5) is 5.69 Å². The van der Waals surface area contributed by atoms with E-state index < -0.39 is 0 Å². The highest BCUT2D eigenvalue weighted by molar-refractivity contribution is 6.02. The third kappa shape index (κ3) is 4.48. The minimum absolute atomic E-state index is 0.0332. The minimum atomic E-state index is -0.0754. The number of aryl methyl sites for hydroxylation is 1. The summed E-state index contributed by atoms with van der Waals surface area (Å²) in [6.07, 6.45) is 3.71. The van der Waals surface area contributed by atoms with Gasteiger partial charge in [-0.25, -0.2) is 0 Å². The molecule has 4 rings (SSSR count). The Balaban J connectivity index is 1.25. The molecular formula is C24H27N3O3. The Kier molecular flexibility index (Phi) is 6.02.